The van der Waals surface area contributed by atoms with E-state index in [0.29, 0.717) is 49.1 Å². The molecule has 0 radical (unpaired) electrons. The molecule has 3 aromatic rings. The maximum atomic E-state index is 12.8. The van der Waals surface area contributed by atoms with Crippen LogP contribution in [-0.4, -0.2) is 39.3 Å². The number of nitrogen functional groups attached to an aromatic ring is 1. The molecule has 0 aliphatic rings. The molecule has 0 atom stereocenters. The van der Waals surface area contributed by atoms with Crippen molar-refractivity contribution in [3.8, 4) is 5.75 Å². The van der Waals surface area contributed by atoms with Gasteiger partial charge < -0.3 is 24.1 Å². The zero-order valence-corrected chi connectivity index (χ0v) is 17.5. The average Bonchev–Trinajstić information content (AvgIpc) is 3.11. The van der Waals surface area contributed by atoms with Crippen LogP contribution in [0.2, 0.25) is 0 Å². The van der Waals surface area contributed by atoms with Gasteiger partial charge in [-0.25, -0.2) is 15.0 Å². The number of ether oxygens (including phenoxy) is 1. The number of hydrogen-bond acceptors (Lipinski definition) is 8. The summed E-state index contributed by atoms with van der Waals surface area (Å²) in [5, 5.41) is 0. The SMILES string of the molecule is CCOP(=O)(Cc1ccccc1OCCCn1cnc2c(N)ncnc21)OCC. The van der Waals surface area contributed by atoms with Gasteiger partial charge in [0, 0.05) is 12.1 Å². The molecule has 0 unspecified atom stereocenters. The lowest BCUT2D eigenvalue weighted by molar-refractivity contribution is 0.218. The predicted molar refractivity (Wildman–Crippen MR) is 111 cm³/mol. The van der Waals surface area contributed by atoms with Crippen molar-refractivity contribution in [1.29, 1.82) is 0 Å². The monoisotopic (exact) mass is 419 g/mol. The zero-order chi connectivity index (χ0) is 20.7. The van der Waals surface area contributed by atoms with Crippen LogP contribution >= 0.6 is 7.60 Å². The van der Waals surface area contributed by atoms with E-state index in [1.54, 1.807) is 20.2 Å². The Morgan fingerprint density at radius 3 is 2.62 bits per heavy atom. The second-order valence-electron chi connectivity index (χ2n) is 6.28. The fraction of sp³-hybridized carbons (Fsp3) is 0.421. The summed E-state index contributed by atoms with van der Waals surface area (Å²) in [5.74, 6) is 1.04. The maximum absolute atomic E-state index is 12.8. The third-order valence-electron chi connectivity index (χ3n) is 4.22. The first kappa shape index (κ1) is 21.2. The van der Waals surface area contributed by atoms with Crippen molar-refractivity contribution in [1.82, 2.24) is 19.5 Å². The van der Waals surface area contributed by atoms with E-state index in [-0.39, 0.29) is 6.16 Å². The summed E-state index contributed by atoms with van der Waals surface area (Å²) >= 11 is 0. The molecule has 2 aromatic heterocycles. The van der Waals surface area contributed by atoms with Gasteiger partial charge in [-0.1, -0.05) is 18.2 Å². The number of rotatable bonds is 11. The van der Waals surface area contributed by atoms with Crippen LogP contribution in [-0.2, 0) is 26.3 Å². The molecule has 0 aliphatic heterocycles. The summed E-state index contributed by atoms with van der Waals surface area (Å²) in [5.41, 5.74) is 7.91. The van der Waals surface area contributed by atoms with Gasteiger partial charge in [-0.05, 0) is 26.3 Å². The highest BCUT2D eigenvalue weighted by Gasteiger charge is 2.25. The van der Waals surface area contributed by atoms with E-state index in [1.807, 2.05) is 28.8 Å². The van der Waals surface area contributed by atoms with Crippen molar-refractivity contribution in [2.75, 3.05) is 25.6 Å². The fourth-order valence-corrected chi connectivity index (χ4v) is 4.71. The Hall–Kier alpha value is -2.48. The highest BCUT2D eigenvalue weighted by molar-refractivity contribution is 7.53. The van der Waals surface area contributed by atoms with Gasteiger partial charge in [0.05, 0.1) is 32.3 Å². The molecular weight excluding hydrogens is 393 g/mol. The molecule has 0 saturated carbocycles. The van der Waals surface area contributed by atoms with E-state index in [9.17, 15) is 4.57 Å². The molecular formula is C19H26N5O4P. The Morgan fingerprint density at radius 2 is 1.86 bits per heavy atom. The molecule has 0 spiro atoms. The molecule has 0 bridgehead atoms. The Labute approximate surface area is 169 Å². The smallest absolute Gasteiger partial charge is 0.335 e. The Kier molecular flexibility index (Phi) is 7.19. The predicted octanol–water partition coefficient (Wildman–Crippen LogP) is 3.64. The minimum atomic E-state index is -3.20. The standard InChI is InChI=1S/C19H26N5O4P/c1-3-27-29(25,28-4-2)12-15-8-5-6-9-16(15)26-11-7-10-24-14-23-17-18(20)21-13-22-19(17)24/h5-6,8-9,13-14H,3-4,7,10-12H2,1-2H3,(H2,20,21,22). The second-order valence-corrected chi connectivity index (χ2v) is 8.34. The number of nitrogens with two attached hydrogens (primary N) is 1. The lowest BCUT2D eigenvalue weighted by atomic mass is 10.2. The number of aromatic nitrogens is 4. The summed E-state index contributed by atoms with van der Waals surface area (Å²) in [7, 11) is -3.20. The lowest BCUT2D eigenvalue weighted by Gasteiger charge is -2.19. The number of hydrogen-bond donors (Lipinski definition) is 1. The molecule has 9 nitrogen and oxygen atoms in total. The van der Waals surface area contributed by atoms with E-state index in [4.69, 9.17) is 19.5 Å². The fourth-order valence-electron chi connectivity index (χ4n) is 2.99. The van der Waals surface area contributed by atoms with Crippen molar-refractivity contribution < 1.29 is 18.3 Å². The molecule has 0 saturated heterocycles. The van der Waals surface area contributed by atoms with Gasteiger partial charge in [0.25, 0.3) is 0 Å². The van der Waals surface area contributed by atoms with Gasteiger partial charge in [-0.3, -0.25) is 4.57 Å². The third-order valence-corrected chi connectivity index (χ3v) is 6.25. The number of aryl methyl sites for hydroxylation is 1. The summed E-state index contributed by atoms with van der Waals surface area (Å²) in [6.07, 6.45) is 4.03. The Balaban J connectivity index is 1.61. The van der Waals surface area contributed by atoms with Crippen molar-refractivity contribution in [2.24, 2.45) is 0 Å². The average molecular weight is 419 g/mol. The van der Waals surface area contributed by atoms with Gasteiger partial charge in [-0.2, -0.15) is 0 Å². The summed E-state index contributed by atoms with van der Waals surface area (Å²) in [6.45, 7) is 5.40. The van der Waals surface area contributed by atoms with E-state index in [0.717, 1.165) is 12.0 Å². The van der Waals surface area contributed by atoms with Crippen LogP contribution in [0.25, 0.3) is 11.2 Å². The highest BCUT2D eigenvalue weighted by atomic mass is 31.2. The normalized spacial score (nSPS) is 11.8. The summed E-state index contributed by atoms with van der Waals surface area (Å²) in [6, 6.07) is 7.50. The largest absolute Gasteiger partial charge is 0.493 e. The van der Waals surface area contributed by atoms with Crippen LogP contribution in [0.5, 0.6) is 5.75 Å². The van der Waals surface area contributed by atoms with E-state index >= 15 is 0 Å². The minimum Gasteiger partial charge on any atom is -0.493 e. The van der Waals surface area contributed by atoms with Gasteiger partial charge in [0.1, 0.15) is 17.6 Å². The highest BCUT2D eigenvalue weighted by Crippen LogP contribution is 2.52. The van der Waals surface area contributed by atoms with Crippen molar-refractivity contribution in [3.05, 3.63) is 42.5 Å². The number of para-hydroxylation sites is 1. The maximum Gasteiger partial charge on any atom is 0.335 e. The Morgan fingerprint density at radius 1 is 1.10 bits per heavy atom. The molecule has 3 rings (SSSR count). The quantitative estimate of drug-likeness (QED) is 0.370. The van der Waals surface area contributed by atoms with Crippen molar-refractivity contribution >= 4 is 24.6 Å². The molecule has 0 aliphatic carbocycles. The van der Waals surface area contributed by atoms with Gasteiger partial charge in [-0.15, -0.1) is 0 Å². The first-order valence-corrected chi connectivity index (χ1v) is 11.3. The van der Waals surface area contributed by atoms with Crippen LogP contribution in [0.4, 0.5) is 5.82 Å². The van der Waals surface area contributed by atoms with Gasteiger partial charge in [0.2, 0.25) is 0 Å². The number of fused-ring (bicyclic) bond motifs is 1. The molecule has 0 fully saturated rings. The van der Waals surface area contributed by atoms with Crippen LogP contribution in [0.3, 0.4) is 0 Å². The minimum absolute atomic E-state index is 0.174. The van der Waals surface area contributed by atoms with E-state index in [2.05, 4.69) is 15.0 Å². The van der Waals surface area contributed by atoms with Crippen LogP contribution in [0, 0.1) is 0 Å². The number of nitrogens with zero attached hydrogens (tertiary/aromatic N) is 4. The third kappa shape index (κ3) is 5.32. The molecule has 29 heavy (non-hydrogen) atoms. The lowest BCUT2D eigenvalue weighted by Crippen LogP contribution is -2.06. The van der Waals surface area contributed by atoms with E-state index in [1.165, 1.54) is 6.33 Å². The van der Waals surface area contributed by atoms with Gasteiger partial charge >= 0.3 is 7.60 Å². The molecule has 156 valence electrons. The summed E-state index contributed by atoms with van der Waals surface area (Å²) < 4.78 is 31.5. The first-order chi connectivity index (χ1) is 14.1. The molecule has 2 heterocycles. The number of imidazole rings is 1. The van der Waals surface area contributed by atoms with Crippen LogP contribution < -0.4 is 10.5 Å². The Bertz CT molecular complexity index is 984. The molecule has 10 heteroatoms. The molecule has 0 amide bonds. The zero-order valence-electron chi connectivity index (χ0n) is 16.7. The van der Waals surface area contributed by atoms with Crippen LogP contribution in [0.1, 0.15) is 25.8 Å². The molecule has 1 aromatic carbocycles. The van der Waals surface area contributed by atoms with Gasteiger partial charge in [0.15, 0.2) is 11.5 Å². The number of benzene rings is 1. The summed E-state index contributed by atoms with van der Waals surface area (Å²) in [4.78, 5) is 12.4. The first-order valence-electron chi connectivity index (χ1n) is 9.56. The van der Waals surface area contributed by atoms with E-state index < -0.39 is 7.60 Å². The van der Waals surface area contributed by atoms with Crippen LogP contribution in [0.15, 0.2) is 36.9 Å². The molecule has 2 N–H and O–H groups in total. The van der Waals surface area contributed by atoms with Crippen molar-refractivity contribution in [2.45, 2.75) is 33.0 Å². The van der Waals surface area contributed by atoms with Crippen molar-refractivity contribution in [3.63, 3.8) is 0 Å². The topological polar surface area (TPSA) is 114 Å². The second kappa shape index (κ2) is 9.82. The number of anilines is 1.